The van der Waals surface area contributed by atoms with Crippen molar-refractivity contribution in [3.05, 3.63) is 41.0 Å². The first-order chi connectivity index (χ1) is 8.29. The van der Waals surface area contributed by atoms with Crippen LogP contribution in [0.4, 0.5) is 5.69 Å². The molecule has 1 N–H and O–H groups in total. The third-order valence-corrected chi connectivity index (χ3v) is 2.48. The fraction of sp³-hybridized carbons (Fsp3) is 0.182. The van der Waals surface area contributed by atoms with Crippen LogP contribution in [0.1, 0.15) is 11.4 Å². The first-order valence-electron chi connectivity index (χ1n) is 4.98. The van der Waals surface area contributed by atoms with E-state index in [1.165, 1.54) is 6.39 Å². The van der Waals surface area contributed by atoms with Crippen LogP contribution in [0.15, 0.2) is 29.1 Å². The summed E-state index contributed by atoms with van der Waals surface area (Å²) in [7, 11) is 0. The highest BCUT2D eigenvalue weighted by Crippen LogP contribution is 2.22. The van der Waals surface area contributed by atoms with Gasteiger partial charge in [0.2, 0.25) is 6.39 Å². The summed E-state index contributed by atoms with van der Waals surface area (Å²) in [6.45, 7) is 0.644. The minimum absolute atomic E-state index is 0.525. The van der Waals surface area contributed by atoms with Crippen LogP contribution >= 0.6 is 11.6 Å². The number of nitrogens with one attached hydrogen (secondary N) is 1. The molecule has 0 bridgehead atoms. The van der Waals surface area contributed by atoms with Gasteiger partial charge in [-0.05, 0) is 18.2 Å². The summed E-state index contributed by atoms with van der Waals surface area (Å²) in [5, 5.41) is 16.1. The van der Waals surface area contributed by atoms with E-state index in [9.17, 15) is 0 Å². The third-order valence-electron chi connectivity index (χ3n) is 2.17. The number of rotatable bonds is 4. The van der Waals surface area contributed by atoms with Crippen molar-refractivity contribution < 1.29 is 4.52 Å². The molecule has 17 heavy (non-hydrogen) atoms. The molecule has 0 saturated carbocycles. The molecule has 86 valence electrons. The highest BCUT2D eigenvalue weighted by atomic mass is 35.5. The summed E-state index contributed by atoms with van der Waals surface area (Å²) in [4.78, 5) is 3.90. The third kappa shape index (κ3) is 2.95. The van der Waals surface area contributed by atoms with Gasteiger partial charge in [0.05, 0.1) is 22.3 Å². The summed E-state index contributed by atoms with van der Waals surface area (Å²) in [5.41, 5.74) is 1.33. The predicted octanol–water partition coefficient (Wildman–Crippen LogP) is 2.25. The van der Waals surface area contributed by atoms with E-state index in [0.29, 0.717) is 29.4 Å². The van der Waals surface area contributed by atoms with Crippen molar-refractivity contribution in [1.82, 2.24) is 10.1 Å². The van der Waals surface area contributed by atoms with Crippen LogP contribution in [-0.2, 0) is 6.42 Å². The van der Waals surface area contributed by atoms with E-state index in [1.54, 1.807) is 18.2 Å². The van der Waals surface area contributed by atoms with Crippen molar-refractivity contribution in [2.75, 3.05) is 11.9 Å². The lowest BCUT2D eigenvalue weighted by molar-refractivity contribution is 0.410. The number of nitrogens with zero attached hydrogens (tertiary/aromatic N) is 3. The Balaban J connectivity index is 1.93. The first kappa shape index (κ1) is 11.4. The van der Waals surface area contributed by atoms with Crippen LogP contribution in [0.3, 0.4) is 0 Å². The largest absolute Gasteiger partial charge is 0.383 e. The van der Waals surface area contributed by atoms with Gasteiger partial charge in [-0.1, -0.05) is 16.8 Å². The van der Waals surface area contributed by atoms with Crippen molar-refractivity contribution >= 4 is 17.3 Å². The van der Waals surface area contributed by atoms with Crippen LogP contribution in [-0.4, -0.2) is 16.7 Å². The van der Waals surface area contributed by atoms with Gasteiger partial charge in [-0.2, -0.15) is 10.2 Å². The molecule has 2 aromatic rings. The SMILES string of the molecule is N#Cc1ccc(NCCc2ncon2)c(Cl)c1. The number of aromatic nitrogens is 2. The average molecular weight is 249 g/mol. The Morgan fingerprint density at radius 1 is 1.47 bits per heavy atom. The quantitative estimate of drug-likeness (QED) is 0.898. The lowest BCUT2D eigenvalue weighted by atomic mass is 10.2. The van der Waals surface area contributed by atoms with Gasteiger partial charge in [-0.15, -0.1) is 0 Å². The van der Waals surface area contributed by atoms with Crippen LogP contribution in [0.25, 0.3) is 0 Å². The molecule has 0 saturated heterocycles. The Hall–Kier alpha value is -2.06. The van der Waals surface area contributed by atoms with Gasteiger partial charge in [0.1, 0.15) is 0 Å². The number of benzene rings is 1. The van der Waals surface area contributed by atoms with E-state index >= 15 is 0 Å². The molecule has 1 aromatic carbocycles. The first-order valence-corrected chi connectivity index (χ1v) is 5.36. The fourth-order valence-corrected chi connectivity index (χ4v) is 1.59. The van der Waals surface area contributed by atoms with Gasteiger partial charge >= 0.3 is 0 Å². The normalized spacial score (nSPS) is 9.88. The Kier molecular flexibility index (Phi) is 3.58. The standard InChI is InChI=1S/C11H9ClN4O/c12-9-5-8(6-13)1-2-10(9)14-4-3-11-15-7-17-16-11/h1-2,5,7,14H,3-4H2. The number of nitriles is 1. The maximum absolute atomic E-state index is 8.70. The fourth-order valence-electron chi connectivity index (χ4n) is 1.34. The van der Waals surface area contributed by atoms with Gasteiger partial charge in [-0.3, -0.25) is 0 Å². The van der Waals surface area contributed by atoms with Crippen LogP contribution in [0, 0.1) is 11.3 Å². The zero-order valence-corrected chi connectivity index (χ0v) is 9.61. The molecule has 5 nitrogen and oxygen atoms in total. The van der Waals surface area contributed by atoms with Crippen molar-refractivity contribution in [3.8, 4) is 6.07 Å². The second-order valence-electron chi connectivity index (χ2n) is 3.33. The Morgan fingerprint density at radius 3 is 3.00 bits per heavy atom. The molecule has 1 aromatic heterocycles. The van der Waals surface area contributed by atoms with Gasteiger partial charge in [0.15, 0.2) is 5.82 Å². The van der Waals surface area contributed by atoms with Crippen molar-refractivity contribution in [2.45, 2.75) is 6.42 Å². The maximum atomic E-state index is 8.70. The van der Waals surface area contributed by atoms with Gasteiger partial charge in [0, 0.05) is 13.0 Å². The highest BCUT2D eigenvalue weighted by Gasteiger charge is 2.02. The molecule has 0 aliphatic rings. The summed E-state index contributed by atoms with van der Waals surface area (Å²) >= 11 is 6.01. The highest BCUT2D eigenvalue weighted by molar-refractivity contribution is 6.33. The molecule has 0 aliphatic carbocycles. The summed E-state index contributed by atoms with van der Waals surface area (Å²) in [6, 6.07) is 7.14. The summed E-state index contributed by atoms with van der Waals surface area (Å²) in [5.74, 6) is 0.641. The van der Waals surface area contributed by atoms with E-state index in [1.807, 2.05) is 6.07 Å². The molecule has 0 amide bonds. The van der Waals surface area contributed by atoms with E-state index in [-0.39, 0.29) is 0 Å². The van der Waals surface area contributed by atoms with Crippen LogP contribution < -0.4 is 5.32 Å². The minimum Gasteiger partial charge on any atom is -0.383 e. The number of anilines is 1. The second-order valence-corrected chi connectivity index (χ2v) is 3.74. The molecular weight excluding hydrogens is 240 g/mol. The molecule has 6 heteroatoms. The Labute approximate surface area is 103 Å². The van der Waals surface area contributed by atoms with Crippen LogP contribution in [0.5, 0.6) is 0 Å². The molecule has 0 atom stereocenters. The van der Waals surface area contributed by atoms with Crippen LogP contribution in [0.2, 0.25) is 5.02 Å². The van der Waals surface area contributed by atoms with Crippen molar-refractivity contribution in [2.24, 2.45) is 0 Å². The van der Waals surface area contributed by atoms with E-state index in [4.69, 9.17) is 16.9 Å². The van der Waals surface area contributed by atoms with E-state index in [0.717, 1.165) is 5.69 Å². The molecule has 0 aliphatic heterocycles. The minimum atomic E-state index is 0.525. The molecular formula is C11H9ClN4O. The topological polar surface area (TPSA) is 74.7 Å². The lowest BCUT2D eigenvalue weighted by Gasteiger charge is -2.06. The van der Waals surface area contributed by atoms with Crippen molar-refractivity contribution in [3.63, 3.8) is 0 Å². The van der Waals surface area contributed by atoms with Gasteiger partial charge in [-0.25, -0.2) is 0 Å². The van der Waals surface area contributed by atoms with Crippen molar-refractivity contribution in [1.29, 1.82) is 5.26 Å². The second kappa shape index (κ2) is 5.32. The smallest absolute Gasteiger partial charge is 0.213 e. The van der Waals surface area contributed by atoms with E-state index < -0.39 is 0 Å². The summed E-state index contributed by atoms with van der Waals surface area (Å²) in [6.07, 6.45) is 1.94. The Morgan fingerprint density at radius 2 is 2.35 bits per heavy atom. The molecule has 0 radical (unpaired) electrons. The monoisotopic (exact) mass is 248 g/mol. The molecule has 0 unspecified atom stereocenters. The molecule has 1 heterocycles. The molecule has 0 fully saturated rings. The number of hydrogen-bond donors (Lipinski definition) is 1. The molecule has 0 spiro atoms. The maximum Gasteiger partial charge on any atom is 0.213 e. The van der Waals surface area contributed by atoms with Gasteiger partial charge < -0.3 is 9.84 Å². The zero-order chi connectivity index (χ0) is 12.1. The molecule has 2 rings (SSSR count). The number of hydrogen-bond acceptors (Lipinski definition) is 5. The Bertz CT molecular complexity index is 533. The van der Waals surface area contributed by atoms with Gasteiger partial charge in [0.25, 0.3) is 0 Å². The lowest BCUT2D eigenvalue weighted by Crippen LogP contribution is -2.06. The zero-order valence-electron chi connectivity index (χ0n) is 8.85. The average Bonchev–Trinajstić information content (AvgIpc) is 2.84. The summed E-state index contributed by atoms with van der Waals surface area (Å²) < 4.78 is 4.62. The number of halogens is 1. The predicted molar refractivity (Wildman–Crippen MR) is 62.7 cm³/mol. The van der Waals surface area contributed by atoms with E-state index in [2.05, 4.69) is 20.0 Å².